The maximum absolute atomic E-state index is 13.1. The number of benzene rings is 1. The molecule has 144 valence electrons. The molecule has 1 aromatic carbocycles. The molecule has 0 N–H and O–H groups in total. The van der Waals surface area contributed by atoms with Crippen molar-refractivity contribution in [3.63, 3.8) is 0 Å². The lowest BCUT2D eigenvalue weighted by atomic mass is 10.0. The van der Waals surface area contributed by atoms with Gasteiger partial charge in [-0.25, -0.2) is 0 Å². The van der Waals surface area contributed by atoms with Gasteiger partial charge in [0.15, 0.2) is 0 Å². The number of ether oxygens (including phenoxy) is 2. The average Bonchev–Trinajstić information content (AvgIpc) is 2.73. The Bertz CT molecular complexity index is 767. The number of aromatic nitrogens is 1. The van der Waals surface area contributed by atoms with E-state index in [0.717, 1.165) is 25.9 Å². The van der Waals surface area contributed by atoms with Gasteiger partial charge >= 0.3 is 0 Å². The van der Waals surface area contributed by atoms with E-state index in [1.54, 1.807) is 19.2 Å². The molecule has 0 radical (unpaired) electrons. The second kappa shape index (κ2) is 8.86. The summed E-state index contributed by atoms with van der Waals surface area (Å²) < 4.78 is 10.4. The van der Waals surface area contributed by atoms with E-state index < -0.39 is 0 Å². The molecule has 1 atom stereocenters. The molecule has 6 nitrogen and oxygen atoms in total. The minimum Gasteiger partial charge on any atom is -0.481 e. The number of pyridine rings is 1. The lowest BCUT2D eigenvalue weighted by Crippen LogP contribution is -2.48. The van der Waals surface area contributed by atoms with Crippen LogP contribution in [0.1, 0.15) is 28.8 Å². The summed E-state index contributed by atoms with van der Waals surface area (Å²) in [6, 6.07) is 14.2. The normalized spacial score (nSPS) is 17.0. The zero-order valence-electron chi connectivity index (χ0n) is 16.2. The number of likely N-dealkylation sites (N-methyl/N-ethyl adjacent to an activating group) is 1. The van der Waals surface area contributed by atoms with E-state index in [1.165, 1.54) is 12.7 Å². The van der Waals surface area contributed by atoms with Crippen LogP contribution in [0.2, 0.25) is 0 Å². The predicted octanol–water partition coefficient (Wildman–Crippen LogP) is 2.84. The second-order valence-electron chi connectivity index (χ2n) is 6.86. The summed E-state index contributed by atoms with van der Waals surface area (Å²) in [5, 5.41) is 0. The molecule has 1 amide bonds. The van der Waals surface area contributed by atoms with Crippen LogP contribution >= 0.6 is 0 Å². The van der Waals surface area contributed by atoms with Crippen molar-refractivity contribution in [2.45, 2.75) is 25.4 Å². The highest BCUT2D eigenvalue weighted by atomic mass is 16.5. The van der Waals surface area contributed by atoms with Gasteiger partial charge in [-0.3, -0.25) is 9.69 Å². The molecular weight excluding hydrogens is 342 g/mol. The Morgan fingerprint density at radius 1 is 1.19 bits per heavy atom. The van der Waals surface area contributed by atoms with Crippen LogP contribution in [0.3, 0.4) is 0 Å². The monoisotopic (exact) mass is 369 g/mol. The first-order valence-corrected chi connectivity index (χ1v) is 9.25. The zero-order valence-corrected chi connectivity index (χ0v) is 16.2. The number of carbonyl (C=O) groups is 1. The first-order valence-electron chi connectivity index (χ1n) is 9.25. The molecule has 1 aliphatic heterocycles. The Balaban J connectivity index is 1.69. The van der Waals surface area contributed by atoms with E-state index in [-0.39, 0.29) is 5.91 Å². The molecule has 0 aliphatic carbocycles. The molecule has 1 aliphatic rings. The smallest absolute Gasteiger partial charge is 0.259 e. The molecule has 6 heteroatoms. The predicted molar refractivity (Wildman–Crippen MR) is 104 cm³/mol. The molecule has 1 aromatic heterocycles. The van der Waals surface area contributed by atoms with Crippen molar-refractivity contribution in [3.05, 3.63) is 53.6 Å². The molecule has 1 saturated heterocycles. The van der Waals surface area contributed by atoms with Gasteiger partial charge in [-0.2, -0.15) is 4.98 Å². The van der Waals surface area contributed by atoms with Gasteiger partial charge in [-0.15, -0.1) is 0 Å². The van der Waals surface area contributed by atoms with E-state index in [9.17, 15) is 4.79 Å². The van der Waals surface area contributed by atoms with Gasteiger partial charge < -0.3 is 14.4 Å². The average molecular weight is 369 g/mol. The van der Waals surface area contributed by atoms with Crippen molar-refractivity contribution in [2.24, 2.45) is 0 Å². The molecule has 0 unspecified atom stereocenters. The lowest BCUT2D eigenvalue weighted by molar-refractivity contribution is 0.0598. The summed E-state index contributed by atoms with van der Waals surface area (Å²) >= 11 is 0. The summed E-state index contributed by atoms with van der Waals surface area (Å²) in [4.78, 5) is 21.5. The van der Waals surface area contributed by atoms with Crippen LogP contribution in [0.25, 0.3) is 0 Å². The molecule has 0 saturated carbocycles. The summed E-state index contributed by atoms with van der Waals surface area (Å²) in [5.41, 5.74) is 1.76. The third-order valence-corrected chi connectivity index (χ3v) is 5.05. The topological polar surface area (TPSA) is 54.9 Å². The zero-order chi connectivity index (χ0) is 19.2. The highest BCUT2D eigenvalue weighted by Gasteiger charge is 2.28. The SMILES string of the molecule is COc1ccc(C(=O)N2CCC[C@H](N(C)Cc3ccccc3)C2)c(OC)n1. The number of likely N-dealkylation sites (tertiary alicyclic amines) is 1. The number of amides is 1. The van der Waals surface area contributed by atoms with Crippen LogP contribution < -0.4 is 9.47 Å². The van der Waals surface area contributed by atoms with Gasteiger partial charge in [0.05, 0.1) is 14.2 Å². The Kier molecular flexibility index (Phi) is 6.29. The molecular formula is C21H27N3O3. The van der Waals surface area contributed by atoms with E-state index in [4.69, 9.17) is 9.47 Å². The third kappa shape index (κ3) is 4.57. The van der Waals surface area contributed by atoms with Crippen LogP contribution in [0.4, 0.5) is 0 Å². The second-order valence-corrected chi connectivity index (χ2v) is 6.86. The van der Waals surface area contributed by atoms with Crippen molar-refractivity contribution in [2.75, 3.05) is 34.4 Å². The van der Waals surface area contributed by atoms with Gasteiger partial charge in [0.2, 0.25) is 11.8 Å². The molecule has 0 bridgehead atoms. The number of nitrogens with zero attached hydrogens (tertiary/aromatic N) is 3. The van der Waals surface area contributed by atoms with Crippen LogP contribution in [0.15, 0.2) is 42.5 Å². The van der Waals surface area contributed by atoms with Crippen molar-refractivity contribution in [1.29, 1.82) is 0 Å². The van der Waals surface area contributed by atoms with Crippen molar-refractivity contribution in [1.82, 2.24) is 14.8 Å². The summed E-state index contributed by atoms with van der Waals surface area (Å²) in [5.74, 6) is 0.696. The van der Waals surface area contributed by atoms with Crippen LogP contribution in [0.5, 0.6) is 11.8 Å². The number of rotatable bonds is 6. The molecule has 1 fully saturated rings. The number of piperidine rings is 1. The van der Waals surface area contributed by atoms with E-state index in [0.29, 0.717) is 29.9 Å². The molecule has 27 heavy (non-hydrogen) atoms. The number of methoxy groups -OCH3 is 2. The Hall–Kier alpha value is -2.60. The first-order chi connectivity index (χ1) is 13.1. The number of carbonyl (C=O) groups excluding carboxylic acids is 1. The quantitative estimate of drug-likeness (QED) is 0.784. The summed E-state index contributed by atoms with van der Waals surface area (Å²) in [6.07, 6.45) is 2.08. The van der Waals surface area contributed by atoms with Gasteiger partial charge in [-0.05, 0) is 31.5 Å². The Morgan fingerprint density at radius 3 is 2.67 bits per heavy atom. The molecule has 3 rings (SSSR count). The van der Waals surface area contributed by atoms with E-state index in [2.05, 4.69) is 41.2 Å². The van der Waals surface area contributed by atoms with Gasteiger partial charge in [0.1, 0.15) is 5.56 Å². The van der Waals surface area contributed by atoms with E-state index in [1.807, 2.05) is 11.0 Å². The fourth-order valence-corrected chi connectivity index (χ4v) is 3.53. The Labute approximate surface area is 160 Å². The molecule has 2 aromatic rings. The van der Waals surface area contributed by atoms with Gasteiger partial charge in [0.25, 0.3) is 5.91 Å². The maximum atomic E-state index is 13.1. The maximum Gasteiger partial charge on any atom is 0.259 e. The van der Waals surface area contributed by atoms with Crippen molar-refractivity contribution < 1.29 is 14.3 Å². The first kappa shape index (κ1) is 19.2. The largest absolute Gasteiger partial charge is 0.481 e. The van der Waals surface area contributed by atoms with Crippen LogP contribution in [-0.2, 0) is 6.54 Å². The van der Waals surface area contributed by atoms with Crippen LogP contribution in [0, 0.1) is 0 Å². The van der Waals surface area contributed by atoms with Crippen LogP contribution in [-0.4, -0.2) is 61.1 Å². The minimum absolute atomic E-state index is 0.0418. The molecule has 2 heterocycles. The Morgan fingerprint density at radius 2 is 1.96 bits per heavy atom. The van der Waals surface area contributed by atoms with Gasteiger partial charge in [-0.1, -0.05) is 30.3 Å². The lowest BCUT2D eigenvalue weighted by Gasteiger charge is -2.37. The highest BCUT2D eigenvalue weighted by Crippen LogP contribution is 2.24. The van der Waals surface area contributed by atoms with Gasteiger partial charge in [0, 0.05) is 31.7 Å². The highest BCUT2D eigenvalue weighted by molar-refractivity contribution is 5.96. The fourth-order valence-electron chi connectivity index (χ4n) is 3.53. The van der Waals surface area contributed by atoms with E-state index >= 15 is 0 Å². The van der Waals surface area contributed by atoms with Crippen molar-refractivity contribution in [3.8, 4) is 11.8 Å². The summed E-state index contributed by atoms with van der Waals surface area (Å²) in [7, 11) is 5.19. The van der Waals surface area contributed by atoms with Crippen molar-refractivity contribution >= 4 is 5.91 Å². The third-order valence-electron chi connectivity index (χ3n) is 5.05. The number of hydrogen-bond acceptors (Lipinski definition) is 5. The summed E-state index contributed by atoms with van der Waals surface area (Å²) in [6.45, 7) is 2.34. The molecule has 0 spiro atoms. The number of hydrogen-bond donors (Lipinski definition) is 0. The standard InChI is InChI=1S/C21H27N3O3/c1-23(14-16-8-5-4-6-9-16)17-10-7-13-24(15-17)21(25)18-11-12-19(26-2)22-20(18)27-3/h4-6,8-9,11-12,17H,7,10,13-15H2,1-3H3/t17-/m0/s1. The minimum atomic E-state index is -0.0418. The fraction of sp³-hybridized carbons (Fsp3) is 0.429.